The van der Waals surface area contributed by atoms with Gasteiger partial charge in [0.2, 0.25) is 0 Å². The molecule has 1 aromatic rings. The summed E-state index contributed by atoms with van der Waals surface area (Å²) in [5.41, 5.74) is 4.66. The SMILES string of the molecule is CC(C)(CCNC(=O)c1nccnc1N)C(=O)O. The van der Waals surface area contributed by atoms with E-state index in [-0.39, 0.29) is 18.1 Å². The standard InChI is InChI=1S/C11H16N4O3/c1-11(2,10(17)18)3-4-15-9(16)7-8(12)14-6-5-13-7/h5-6H,3-4H2,1-2H3,(H2,12,14)(H,15,16)(H,17,18). The summed E-state index contributed by atoms with van der Waals surface area (Å²) in [6, 6.07) is 0. The summed E-state index contributed by atoms with van der Waals surface area (Å²) in [5.74, 6) is -1.31. The van der Waals surface area contributed by atoms with E-state index < -0.39 is 17.3 Å². The topological polar surface area (TPSA) is 118 Å². The number of anilines is 1. The van der Waals surface area contributed by atoms with Crippen LogP contribution in [0.4, 0.5) is 5.82 Å². The van der Waals surface area contributed by atoms with Gasteiger partial charge >= 0.3 is 5.97 Å². The number of carboxylic acids is 1. The monoisotopic (exact) mass is 252 g/mol. The van der Waals surface area contributed by atoms with Crippen molar-refractivity contribution in [1.29, 1.82) is 0 Å². The fraction of sp³-hybridized carbons (Fsp3) is 0.455. The van der Waals surface area contributed by atoms with Crippen LogP contribution >= 0.6 is 0 Å². The Labute approximate surface area is 104 Å². The molecule has 0 aromatic carbocycles. The zero-order chi connectivity index (χ0) is 13.8. The summed E-state index contributed by atoms with van der Waals surface area (Å²) in [7, 11) is 0. The molecule has 7 heteroatoms. The van der Waals surface area contributed by atoms with Gasteiger partial charge in [0.15, 0.2) is 11.5 Å². The van der Waals surface area contributed by atoms with Crippen molar-refractivity contribution in [2.45, 2.75) is 20.3 Å². The molecule has 0 saturated heterocycles. The lowest BCUT2D eigenvalue weighted by atomic mass is 9.90. The Morgan fingerprint density at radius 3 is 2.56 bits per heavy atom. The van der Waals surface area contributed by atoms with Crippen LogP contribution < -0.4 is 11.1 Å². The number of hydrogen-bond donors (Lipinski definition) is 3. The maximum Gasteiger partial charge on any atom is 0.309 e. The quantitative estimate of drug-likeness (QED) is 0.693. The molecular weight excluding hydrogens is 236 g/mol. The number of nitrogens with zero attached hydrogens (tertiary/aromatic N) is 2. The second-order valence-corrected chi connectivity index (χ2v) is 4.49. The van der Waals surface area contributed by atoms with Crippen LogP contribution in [0.15, 0.2) is 12.4 Å². The zero-order valence-electron chi connectivity index (χ0n) is 10.3. The number of rotatable bonds is 5. The second-order valence-electron chi connectivity index (χ2n) is 4.49. The number of aliphatic carboxylic acids is 1. The van der Waals surface area contributed by atoms with Gasteiger partial charge in [-0.2, -0.15) is 0 Å². The molecule has 0 atom stereocenters. The van der Waals surface area contributed by atoms with Crippen LogP contribution in [0.25, 0.3) is 0 Å². The summed E-state index contributed by atoms with van der Waals surface area (Å²) >= 11 is 0. The van der Waals surface area contributed by atoms with E-state index in [1.54, 1.807) is 13.8 Å². The molecule has 1 aromatic heterocycles. The highest BCUT2D eigenvalue weighted by Crippen LogP contribution is 2.19. The largest absolute Gasteiger partial charge is 0.481 e. The summed E-state index contributed by atoms with van der Waals surface area (Å²) in [6.07, 6.45) is 3.07. The molecule has 0 spiro atoms. The normalized spacial score (nSPS) is 11.0. The van der Waals surface area contributed by atoms with Gasteiger partial charge in [-0.15, -0.1) is 0 Å². The van der Waals surface area contributed by atoms with E-state index in [1.165, 1.54) is 12.4 Å². The number of nitrogen functional groups attached to an aromatic ring is 1. The lowest BCUT2D eigenvalue weighted by Gasteiger charge is -2.18. The Morgan fingerprint density at radius 1 is 1.39 bits per heavy atom. The molecule has 0 radical (unpaired) electrons. The summed E-state index contributed by atoms with van der Waals surface area (Å²) < 4.78 is 0. The molecule has 0 aliphatic rings. The molecule has 18 heavy (non-hydrogen) atoms. The number of hydrogen-bond acceptors (Lipinski definition) is 5. The van der Waals surface area contributed by atoms with E-state index in [4.69, 9.17) is 10.8 Å². The first-order valence-corrected chi connectivity index (χ1v) is 5.42. The van der Waals surface area contributed by atoms with Crippen LogP contribution in [0.3, 0.4) is 0 Å². The van der Waals surface area contributed by atoms with Crippen molar-refractivity contribution < 1.29 is 14.7 Å². The number of carboxylic acid groups (broad SMARTS) is 1. The average molecular weight is 252 g/mol. The Kier molecular flexibility index (Phi) is 4.19. The first kappa shape index (κ1) is 13.9. The first-order chi connectivity index (χ1) is 8.34. The number of aromatic nitrogens is 2. The Bertz CT molecular complexity index is 459. The average Bonchev–Trinajstić information content (AvgIpc) is 2.29. The van der Waals surface area contributed by atoms with Crippen LogP contribution in [0, 0.1) is 5.41 Å². The number of nitrogens with one attached hydrogen (secondary N) is 1. The van der Waals surface area contributed by atoms with E-state index in [1.807, 2.05) is 0 Å². The minimum Gasteiger partial charge on any atom is -0.481 e. The highest BCUT2D eigenvalue weighted by atomic mass is 16.4. The molecule has 0 aliphatic carbocycles. The smallest absolute Gasteiger partial charge is 0.309 e. The maximum atomic E-state index is 11.7. The zero-order valence-corrected chi connectivity index (χ0v) is 10.3. The minimum absolute atomic E-state index is 0.0469. The van der Waals surface area contributed by atoms with Crippen LogP contribution in [0.5, 0.6) is 0 Å². The molecule has 0 bridgehead atoms. The number of amides is 1. The van der Waals surface area contributed by atoms with Gasteiger partial charge < -0.3 is 16.2 Å². The van der Waals surface area contributed by atoms with E-state index in [0.717, 1.165) is 0 Å². The fourth-order valence-corrected chi connectivity index (χ4v) is 1.20. The van der Waals surface area contributed by atoms with Gasteiger partial charge in [-0.25, -0.2) is 9.97 Å². The van der Waals surface area contributed by atoms with Crippen molar-refractivity contribution in [1.82, 2.24) is 15.3 Å². The molecule has 0 fully saturated rings. The van der Waals surface area contributed by atoms with Crippen molar-refractivity contribution in [2.24, 2.45) is 5.41 Å². The van der Waals surface area contributed by atoms with E-state index >= 15 is 0 Å². The van der Waals surface area contributed by atoms with Gasteiger partial charge in [-0.05, 0) is 20.3 Å². The number of nitrogens with two attached hydrogens (primary N) is 1. The summed E-state index contributed by atoms with van der Waals surface area (Å²) in [5, 5.41) is 11.5. The fourth-order valence-electron chi connectivity index (χ4n) is 1.20. The van der Waals surface area contributed by atoms with Gasteiger partial charge in [-0.3, -0.25) is 9.59 Å². The highest BCUT2D eigenvalue weighted by molar-refractivity contribution is 5.96. The molecule has 98 valence electrons. The molecule has 1 amide bonds. The van der Waals surface area contributed by atoms with E-state index in [9.17, 15) is 9.59 Å². The van der Waals surface area contributed by atoms with Crippen LogP contribution in [-0.4, -0.2) is 33.5 Å². The van der Waals surface area contributed by atoms with Crippen LogP contribution in [0.1, 0.15) is 30.8 Å². The van der Waals surface area contributed by atoms with Gasteiger partial charge in [0.25, 0.3) is 5.91 Å². The lowest BCUT2D eigenvalue weighted by Crippen LogP contribution is -2.32. The van der Waals surface area contributed by atoms with Gasteiger partial charge in [0.05, 0.1) is 5.41 Å². The van der Waals surface area contributed by atoms with Crippen LogP contribution in [-0.2, 0) is 4.79 Å². The molecule has 0 aliphatic heterocycles. The van der Waals surface area contributed by atoms with Crippen molar-refractivity contribution in [3.8, 4) is 0 Å². The Morgan fingerprint density at radius 2 is 2.00 bits per heavy atom. The highest BCUT2D eigenvalue weighted by Gasteiger charge is 2.26. The Balaban J connectivity index is 2.53. The Hall–Kier alpha value is -2.18. The molecule has 1 heterocycles. The molecule has 4 N–H and O–H groups in total. The maximum absolute atomic E-state index is 11.7. The van der Waals surface area contributed by atoms with Crippen molar-refractivity contribution in [3.63, 3.8) is 0 Å². The molecule has 0 unspecified atom stereocenters. The minimum atomic E-state index is -0.907. The van der Waals surface area contributed by atoms with Crippen molar-refractivity contribution in [2.75, 3.05) is 12.3 Å². The predicted molar refractivity (Wildman–Crippen MR) is 64.8 cm³/mol. The van der Waals surface area contributed by atoms with Gasteiger partial charge in [-0.1, -0.05) is 0 Å². The van der Waals surface area contributed by atoms with Gasteiger partial charge in [0, 0.05) is 18.9 Å². The molecule has 7 nitrogen and oxygen atoms in total. The van der Waals surface area contributed by atoms with Crippen LogP contribution in [0.2, 0.25) is 0 Å². The third-order valence-corrected chi connectivity index (χ3v) is 2.56. The molecule has 1 rings (SSSR count). The second kappa shape index (κ2) is 5.44. The first-order valence-electron chi connectivity index (χ1n) is 5.42. The van der Waals surface area contributed by atoms with Crippen molar-refractivity contribution >= 4 is 17.7 Å². The molecular formula is C11H16N4O3. The third-order valence-electron chi connectivity index (χ3n) is 2.56. The lowest BCUT2D eigenvalue weighted by molar-refractivity contribution is -0.147. The molecule has 0 saturated carbocycles. The van der Waals surface area contributed by atoms with Gasteiger partial charge in [0.1, 0.15) is 0 Å². The van der Waals surface area contributed by atoms with Crippen molar-refractivity contribution in [3.05, 3.63) is 18.1 Å². The summed E-state index contributed by atoms with van der Waals surface area (Å²) in [4.78, 5) is 30.1. The van der Waals surface area contributed by atoms with E-state index in [0.29, 0.717) is 6.42 Å². The van der Waals surface area contributed by atoms with E-state index in [2.05, 4.69) is 15.3 Å². The third kappa shape index (κ3) is 3.41. The predicted octanol–water partition coefficient (Wildman–Crippen LogP) is 0.289. The summed E-state index contributed by atoms with van der Waals surface area (Å²) in [6.45, 7) is 3.42. The number of carbonyl (C=O) groups excluding carboxylic acids is 1. The number of carbonyl (C=O) groups is 2.